The predicted octanol–water partition coefficient (Wildman–Crippen LogP) is 4.37. The lowest BCUT2D eigenvalue weighted by Gasteiger charge is -2.30. The minimum absolute atomic E-state index is 0.695. The number of hydrogen-bond donors (Lipinski definition) is 0. The van der Waals surface area contributed by atoms with Gasteiger partial charge in [-0.25, -0.2) is 4.98 Å². The molecule has 1 aliphatic rings. The zero-order valence-electron chi connectivity index (χ0n) is 11.1. The molecular formula is C15H20N2S. The molecule has 1 aromatic carbocycles. The number of fused-ring (bicyclic) bond motifs is 1. The third-order valence-corrected chi connectivity index (χ3v) is 5.07. The van der Waals surface area contributed by atoms with Crippen molar-refractivity contribution in [2.45, 2.75) is 45.1 Å². The van der Waals surface area contributed by atoms with Gasteiger partial charge in [0.15, 0.2) is 5.13 Å². The molecule has 3 heteroatoms. The maximum Gasteiger partial charge on any atom is 0.186 e. The molecule has 3 rings (SSSR count). The second-order valence-corrected chi connectivity index (χ2v) is 6.38. The fourth-order valence-corrected chi connectivity index (χ4v) is 3.89. The Labute approximate surface area is 113 Å². The van der Waals surface area contributed by atoms with Crippen LogP contribution in [0.3, 0.4) is 0 Å². The topological polar surface area (TPSA) is 16.1 Å². The van der Waals surface area contributed by atoms with Gasteiger partial charge in [0.25, 0.3) is 0 Å². The predicted molar refractivity (Wildman–Crippen MR) is 79.6 cm³/mol. The number of rotatable bonds is 2. The molecule has 1 heterocycles. The molecule has 1 aromatic heterocycles. The van der Waals surface area contributed by atoms with Crippen LogP contribution in [0.25, 0.3) is 10.2 Å². The van der Waals surface area contributed by atoms with Gasteiger partial charge in [-0.3, -0.25) is 0 Å². The van der Waals surface area contributed by atoms with E-state index in [-0.39, 0.29) is 0 Å². The Morgan fingerprint density at radius 1 is 1.22 bits per heavy atom. The minimum atomic E-state index is 0.695. The molecule has 1 aliphatic carbocycles. The first-order chi connectivity index (χ1) is 8.74. The van der Waals surface area contributed by atoms with Crippen LogP contribution in [-0.2, 0) is 0 Å². The number of hydrogen-bond acceptors (Lipinski definition) is 3. The van der Waals surface area contributed by atoms with Crippen molar-refractivity contribution in [2.24, 2.45) is 0 Å². The van der Waals surface area contributed by atoms with Crippen molar-refractivity contribution < 1.29 is 0 Å². The van der Waals surface area contributed by atoms with Crippen molar-refractivity contribution in [3.8, 4) is 0 Å². The Hall–Kier alpha value is -1.09. The van der Waals surface area contributed by atoms with E-state index in [1.807, 2.05) is 11.3 Å². The summed E-state index contributed by atoms with van der Waals surface area (Å²) in [6, 6.07) is 7.22. The van der Waals surface area contributed by atoms with Gasteiger partial charge >= 0.3 is 0 Å². The number of anilines is 1. The molecular weight excluding hydrogens is 240 g/mol. The average molecular weight is 260 g/mol. The van der Waals surface area contributed by atoms with E-state index in [9.17, 15) is 0 Å². The SMILES string of the molecule is Cc1ccc2nc(N(C)C3CCCCC3)sc2c1. The van der Waals surface area contributed by atoms with E-state index in [0.717, 1.165) is 5.52 Å². The van der Waals surface area contributed by atoms with Crippen LogP contribution in [0.15, 0.2) is 18.2 Å². The molecule has 18 heavy (non-hydrogen) atoms. The van der Waals surface area contributed by atoms with Crippen LogP contribution in [0, 0.1) is 6.92 Å². The number of thiazole rings is 1. The van der Waals surface area contributed by atoms with Crippen LogP contribution >= 0.6 is 11.3 Å². The molecule has 0 unspecified atom stereocenters. The maximum absolute atomic E-state index is 4.77. The van der Waals surface area contributed by atoms with Gasteiger partial charge in [0.2, 0.25) is 0 Å². The van der Waals surface area contributed by atoms with Crippen LogP contribution in [0.5, 0.6) is 0 Å². The summed E-state index contributed by atoms with van der Waals surface area (Å²) in [7, 11) is 2.21. The first-order valence-electron chi connectivity index (χ1n) is 6.84. The molecule has 0 aliphatic heterocycles. The van der Waals surface area contributed by atoms with Crippen LogP contribution in [-0.4, -0.2) is 18.1 Å². The Balaban J connectivity index is 1.88. The smallest absolute Gasteiger partial charge is 0.186 e. The van der Waals surface area contributed by atoms with E-state index in [1.54, 1.807) is 0 Å². The zero-order chi connectivity index (χ0) is 12.5. The van der Waals surface area contributed by atoms with Crippen molar-refractivity contribution >= 4 is 26.7 Å². The molecule has 2 nitrogen and oxygen atoms in total. The highest BCUT2D eigenvalue weighted by molar-refractivity contribution is 7.22. The summed E-state index contributed by atoms with van der Waals surface area (Å²) in [4.78, 5) is 7.18. The maximum atomic E-state index is 4.77. The van der Waals surface area contributed by atoms with E-state index in [4.69, 9.17) is 4.98 Å². The van der Waals surface area contributed by atoms with Crippen LogP contribution < -0.4 is 4.90 Å². The monoisotopic (exact) mass is 260 g/mol. The molecule has 96 valence electrons. The van der Waals surface area contributed by atoms with E-state index < -0.39 is 0 Å². The van der Waals surface area contributed by atoms with Gasteiger partial charge in [-0.2, -0.15) is 0 Å². The highest BCUT2D eigenvalue weighted by Crippen LogP contribution is 2.32. The fraction of sp³-hybridized carbons (Fsp3) is 0.533. The number of nitrogens with zero attached hydrogens (tertiary/aromatic N) is 2. The third kappa shape index (κ3) is 2.24. The van der Waals surface area contributed by atoms with E-state index in [1.165, 1.54) is 47.5 Å². The minimum Gasteiger partial charge on any atom is -0.348 e. The van der Waals surface area contributed by atoms with Gasteiger partial charge < -0.3 is 4.90 Å². The van der Waals surface area contributed by atoms with Crippen molar-refractivity contribution in [1.82, 2.24) is 4.98 Å². The molecule has 1 fully saturated rings. The summed E-state index contributed by atoms with van der Waals surface area (Å²) in [5.41, 5.74) is 2.46. The lowest BCUT2D eigenvalue weighted by molar-refractivity contribution is 0.427. The normalized spacial score (nSPS) is 17.2. The summed E-state index contributed by atoms with van der Waals surface area (Å²) in [5, 5.41) is 1.18. The molecule has 0 atom stereocenters. The molecule has 0 N–H and O–H groups in total. The van der Waals surface area contributed by atoms with Crippen molar-refractivity contribution in [3.63, 3.8) is 0 Å². The lowest BCUT2D eigenvalue weighted by Crippen LogP contribution is -2.33. The number of benzene rings is 1. The lowest BCUT2D eigenvalue weighted by atomic mass is 9.95. The Bertz CT molecular complexity index is 540. The Kier molecular flexibility index (Phi) is 3.25. The Morgan fingerprint density at radius 2 is 2.00 bits per heavy atom. The summed E-state index contributed by atoms with van der Waals surface area (Å²) in [6.07, 6.45) is 6.80. The highest BCUT2D eigenvalue weighted by Gasteiger charge is 2.20. The quantitative estimate of drug-likeness (QED) is 0.797. The zero-order valence-corrected chi connectivity index (χ0v) is 12.0. The molecule has 1 saturated carbocycles. The summed E-state index contributed by atoms with van der Waals surface area (Å²) in [6.45, 7) is 2.14. The van der Waals surface area contributed by atoms with Gasteiger partial charge in [-0.15, -0.1) is 0 Å². The van der Waals surface area contributed by atoms with Crippen LogP contribution in [0.1, 0.15) is 37.7 Å². The molecule has 0 saturated heterocycles. The van der Waals surface area contributed by atoms with Crippen molar-refractivity contribution in [1.29, 1.82) is 0 Å². The second-order valence-electron chi connectivity index (χ2n) is 5.37. The largest absolute Gasteiger partial charge is 0.348 e. The number of aryl methyl sites for hydroxylation is 1. The fourth-order valence-electron chi connectivity index (χ4n) is 2.80. The van der Waals surface area contributed by atoms with Gasteiger partial charge in [-0.05, 0) is 37.5 Å². The van der Waals surface area contributed by atoms with E-state index in [0.29, 0.717) is 6.04 Å². The molecule has 0 bridgehead atoms. The van der Waals surface area contributed by atoms with E-state index >= 15 is 0 Å². The summed E-state index contributed by atoms with van der Waals surface area (Å²) in [5.74, 6) is 0. The summed E-state index contributed by atoms with van der Waals surface area (Å²) < 4.78 is 1.31. The van der Waals surface area contributed by atoms with Gasteiger partial charge in [0.1, 0.15) is 0 Å². The molecule has 2 aromatic rings. The van der Waals surface area contributed by atoms with Crippen molar-refractivity contribution in [3.05, 3.63) is 23.8 Å². The first-order valence-corrected chi connectivity index (χ1v) is 7.66. The third-order valence-electron chi connectivity index (χ3n) is 3.96. The summed E-state index contributed by atoms with van der Waals surface area (Å²) >= 11 is 1.83. The molecule has 0 spiro atoms. The second kappa shape index (κ2) is 4.88. The Morgan fingerprint density at radius 3 is 2.78 bits per heavy atom. The molecule has 0 radical (unpaired) electrons. The van der Waals surface area contributed by atoms with Crippen LogP contribution in [0.2, 0.25) is 0 Å². The number of aromatic nitrogens is 1. The van der Waals surface area contributed by atoms with E-state index in [2.05, 4.69) is 37.1 Å². The average Bonchev–Trinajstić information content (AvgIpc) is 2.81. The van der Waals surface area contributed by atoms with Gasteiger partial charge in [-0.1, -0.05) is 36.7 Å². The standard InChI is InChI=1S/C15H20N2S/c1-11-8-9-13-14(10-11)18-15(16-13)17(2)12-6-4-3-5-7-12/h8-10,12H,3-7H2,1-2H3. The van der Waals surface area contributed by atoms with Crippen LogP contribution in [0.4, 0.5) is 5.13 Å². The van der Waals surface area contributed by atoms with Crippen molar-refractivity contribution in [2.75, 3.05) is 11.9 Å². The van der Waals surface area contributed by atoms with Gasteiger partial charge in [0, 0.05) is 13.1 Å². The molecule has 0 amide bonds. The highest BCUT2D eigenvalue weighted by atomic mass is 32.1. The first kappa shape index (κ1) is 12.0. The van der Waals surface area contributed by atoms with Gasteiger partial charge in [0.05, 0.1) is 10.2 Å².